The van der Waals surface area contributed by atoms with Crippen molar-refractivity contribution in [1.82, 2.24) is 4.31 Å². The predicted octanol–water partition coefficient (Wildman–Crippen LogP) is 3.81. The second-order valence-corrected chi connectivity index (χ2v) is 7.19. The SMILES string of the molecule is C[C@H](c1cc2ccccc2o1)N(C)S(=O)(=O)c1ccccc1. The third-order valence-corrected chi connectivity index (χ3v) is 5.76. The van der Waals surface area contributed by atoms with Gasteiger partial charge in [0.05, 0.1) is 10.9 Å². The molecule has 0 spiro atoms. The Bertz CT molecular complexity index is 851. The summed E-state index contributed by atoms with van der Waals surface area (Å²) < 4.78 is 32.4. The summed E-state index contributed by atoms with van der Waals surface area (Å²) in [7, 11) is -1.98. The molecule has 0 radical (unpaired) electrons. The van der Waals surface area contributed by atoms with Crippen molar-refractivity contribution in [3.8, 4) is 0 Å². The first kappa shape index (κ1) is 14.8. The van der Waals surface area contributed by atoms with E-state index >= 15 is 0 Å². The molecule has 1 aromatic heterocycles. The minimum atomic E-state index is -3.55. The van der Waals surface area contributed by atoms with Gasteiger partial charge >= 0.3 is 0 Å². The minimum Gasteiger partial charge on any atom is -0.459 e. The van der Waals surface area contributed by atoms with Crippen molar-refractivity contribution >= 4 is 21.0 Å². The molecule has 1 atom stereocenters. The minimum absolute atomic E-state index is 0.278. The summed E-state index contributed by atoms with van der Waals surface area (Å²) in [6.45, 7) is 1.82. The predicted molar refractivity (Wildman–Crippen MR) is 86.0 cm³/mol. The van der Waals surface area contributed by atoms with Crippen LogP contribution in [0.15, 0.2) is 70.0 Å². The molecule has 0 amide bonds. The van der Waals surface area contributed by atoms with Gasteiger partial charge < -0.3 is 4.42 Å². The zero-order valence-corrected chi connectivity index (χ0v) is 13.2. The van der Waals surface area contributed by atoms with Crippen molar-refractivity contribution in [2.24, 2.45) is 0 Å². The van der Waals surface area contributed by atoms with Gasteiger partial charge in [-0.3, -0.25) is 0 Å². The van der Waals surface area contributed by atoms with E-state index in [1.807, 2.05) is 37.3 Å². The summed E-state index contributed by atoms with van der Waals surface area (Å²) in [5, 5.41) is 0.967. The first-order chi connectivity index (χ1) is 10.5. The van der Waals surface area contributed by atoms with Gasteiger partial charge in [0.2, 0.25) is 10.0 Å². The first-order valence-corrected chi connectivity index (χ1v) is 8.46. The van der Waals surface area contributed by atoms with Crippen molar-refractivity contribution in [2.75, 3.05) is 7.05 Å². The molecule has 0 aliphatic rings. The summed E-state index contributed by atoms with van der Waals surface area (Å²) in [5.74, 6) is 0.628. The molecule has 1 heterocycles. The molecular weight excluding hydrogens is 298 g/mol. The van der Waals surface area contributed by atoms with E-state index in [0.29, 0.717) is 5.76 Å². The average molecular weight is 315 g/mol. The van der Waals surface area contributed by atoms with E-state index in [4.69, 9.17) is 4.42 Å². The van der Waals surface area contributed by atoms with Crippen molar-refractivity contribution in [3.63, 3.8) is 0 Å². The number of furan rings is 1. The Labute approximate surface area is 130 Å². The van der Waals surface area contributed by atoms with E-state index in [1.54, 1.807) is 37.4 Å². The maximum Gasteiger partial charge on any atom is 0.243 e. The fourth-order valence-corrected chi connectivity index (χ4v) is 3.71. The number of benzene rings is 2. The topological polar surface area (TPSA) is 50.5 Å². The third-order valence-electron chi connectivity index (χ3n) is 3.82. The molecule has 0 saturated heterocycles. The number of para-hydroxylation sites is 1. The van der Waals surface area contributed by atoms with E-state index in [1.165, 1.54) is 4.31 Å². The molecule has 3 aromatic rings. The molecule has 3 rings (SSSR count). The molecule has 114 valence electrons. The van der Waals surface area contributed by atoms with Crippen molar-refractivity contribution in [1.29, 1.82) is 0 Å². The van der Waals surface area contributed by atoms with Crippen LogP contribution in [0.25, 0.3) is 11.0 Å². The van der Waals surface area contributed by atoms with Gasteiger partial charge in [0, 0.05) is 12.4 Å². The van der Waals surface area contributed by atoms with Gasteiger partial charge in [0.15, 0.2) is 0 Å². The van der Waals surface area contributed by atoms with Crippen LogP contribution in [0.1, 0.15) is 18.7 Å². The van der Waals surface area contributed by atoms with Crippen molar-refractivity contribution in [2.45, 2.75) is 17.9 Å². The van der Waals surface area contributed by atoms with Crippen molar-refractivity contribution in [3.05, 3.63) is 66.4 Å². The second kappa shape index (κ2) is 5.59. The Morgan fingerprint density at radius 2 is 1.64 bits per heavy atom. The lowest BCUT2D eigenvalue weighted by Crippen LogP contribution is -2.29. The van der Waals surface area contributed by atoms with Crippen molar-refractivity contribution < 1.29 is 12.8 Å². The van der Waals surface area contributed by atoms with Crippen LogP contribution in [0, 0.1) is 0 Å². The lowest BCUT2D eigenvalue weighted by Gasteiger charge is -2.22. The Hall–Kier alpha value is -2.11. The number of hydrogen-bond donors (Lipinski definition) is 0. The normalized spacial score (nSPS) is 13.6. The molecule has 4 nitrogen and oxygen atoms in total. The molecule has 0 aliphatic heterocycles. The monoisotopic (exact) mass is 315 g/mol. The largest absolute Gasteiger partial charge is 0.459 e. The maximum absolute atomic E-state index is 12.6. The molecule has 0 saturated carbocycles. The Kier molecular flexibility index (Phi) is 3.76. The van der Waals surface area contributed by atoms with Gasteiger partial charge in [-0.15, -0.1) is 0 Å². The van der Waals surface area contributed by atoms with Gasteiger partial charge in [-0.2, -0.15) is 4.31 Å². The number of nitrogens with zero attached hydrogens (tertiary/aromatic N) is 1. The smallest absolute Gasteiger partial charge is 0.243 e. The number of sulfonamides is 1. The van der Waals surface area contributed by atoms with Crippen LogP contribution < -0.4 is 0 Å². The van der Waals surface area contributed by atoms with Gasteiger partial charge in [-0.25, -0.2) is 8.42 Å². The first-order valence-electron chi connectivity index (χ1n) is 7.02. The average Bonchev–Trinajstić information content (AvgIpc) is 2.98. The van der Waals surface area contributed by atoms with Crippen LogP contribution in [-0.2, 0) is 10.0 Å². The van der Waals surface area contributed by atoms with Gasteiger partial charge in [-0.1, -0.05) is 36.4 Å². The van der Waals surface area contributed by atoms with E-state index in [2.05, 4.69) is 0 Å². The zero-order chi connectivity index (χ0) is 15.7. The summed E-state index contributed by atoms with van der Waals surface area (Å²) in [6.07, 6.45) is 0. The molecular formula is C17H17NO3S. The quantitative estimate of drug-likeness (QED) is 0.735. The highest BCUT2D eigenvalue weighted by Crippen LogP contribution is 2.29. The molecule has 2 aromatic carbocycles. The van der Waals surface area contributed by atoms with Crippen LogP contribution in [0.2, 0.25) is 0 Å². The molecule has 0 aliphatic carbocycles. The lowest BCUT2D eigenvalue weighted by atomic mass is 10.2. The highest BCUT2D eigenvalue weighted by Gasteiger charge is 2.28. The third kappa shape index (κ3) is 2.53. The van der Waals surface area contributed by atoms with E-state index < -0.39 is 16.1 Å². The fraction of sp³-hybridized carbons (Fsp3) is 0.176. The van der Waals surface area contributed by atoms with Crippen LogP contribution in [0.4, 0.5) is 0 Å². The fourth-order valence-electron chi connectivity index (χ4n) is 2.35. The Balaban J connectivity index is 1.95. The number of hydrogen-bond acceptors (Lipinski definition) is 3. The van der Waals surface area contributed by atoms with Crippen LogP contribution in [-0.4, -0.2) is 19.8 Å². The molecule has 5 heteroatoms. The van der Waals surface area contributed by atoms with E-state index in [0.717, 1.165) is 11.0 Å². The molecule has 22 heavy (non-hydrogen) atoms. The van der Waals surface area contributed by atoms with Crippen LogP contribution in [0.5, 0.6) is 0 Å². The Morgan fingerprint density at radius 1 is 1.00 bits per heavy atom. The summed E-state index contributed by atoms with van der Waals surface area (Å²) >= 11 is 0. The standard InChI is InChI=1S/C17H17NO3S/c1-13(17-12-14-8-6-7-11-16(14)21-17)18(2)22(19,20)15-9-4-3-5-10-15/h3-13H,1-2H3/t13-/m1/s1. The summed E-state index contributed by atoms with van der Waals surface area (Å²) in [4.78, 5) is 0.278. The highest BCUT2D eigenvalue weighted by molar-refractivity contribution is 7.89. The zero-order valence-electron chi connectivity index (χ0n) is 12.4. The molecule has 0 bridgehead atoms. The lowest BCUT2D eigenvalue weighted by molar-refractivity contribution is 0.348. The molecule has 0 N–H and O–H groups in total. The maximum atomic E-state index is 12.6. The number of rotatable bonds is 4. The highest BCUT2D eigenvalue weighted by atomic mass is 32.2. The van der Waals surface area contributed by atoms with Gasteiger partial charge in [0.1, 0.15) is 11.3 Å². The molecule has 0 fully saturated rings. The summed E-state index contributed by atoms with van der Waals surface area (Å²) in [5.41, 5.74) is 0.759. The number of fused-ring (bicyclic) bond motifs is 1. The Morgan fingerprint density at radius 3 is 2.32 bits per heavy atom. The van der Waals surface area contributed by atoms with Gasteiger partial charge in [-0.05, 0) is 31.2 Å². The molecule has 0 unspecified atom stereocenters. The van der Waals surface area contributed by atoms with Crippen LogP contribution in [0.3, 0.4) is 0 Å². The van der Waals surface area contributed by atoms with E-state index in [-0.39, 0.29) is 4.90 Å². The second-order valence-electron chi connectivity index (χ2n) is 5.20. The summed E-state index contributed by atoms with van der Waals surface area (Å²) in [6, 6.07) is 17.5. The van der Waals surface area contributed by atoms with Gasteiger partial charge in [0.25, 0.3) is 0 Å². The van der Waals surface area contributed by atoms with E-state index in [9.17, 15) is 8.42 Å². The van der Waals surface area contributed by atoms with Crippen LogP contribution >= 0.6 is 0 Å².